The Kier molecular flexibility index (Phi) is 4.68. The summed E-state index contributed by atoms with van der Waals surface area (Å²) in [6, 6.07) is 1.27. The number of fused-ring (bicyclic) bond motifs is 1. The first-order valence-corrected chi connectivity index (χ1v) is 8.85. The van der Waals surface area contributed by atoms with Crippen molar-refractivity contribution < 1.29 is 0 Å². The van der Waals surface area contributed by atoms with Gasteiger partial charge in [0.25, 0.3) is 0 Å². The number of nitrogens with two attached hydrogens (primary N) is 1. The average molecular weight is 279 g/mol. The molecule has 20 heavy (non-hydrogen) atoms. The fraction of sp³-hybridized carbons (Fsp3) is 1.00. The van der Waals surface area contributed by atoms with Crippen LogP contribution in [0.2, 0.25) is 0 Å². The number of piperazine rings is 1. The van der Waals surface area contributed by atoms with Crippen LogP contribution < -0.4 is 5.73 Å². The maximum absolute atomic E-state index is 6.47. The Morgan fingerprint density at radius 1 is 1.05 bits per heavy atom. The predicted molar refractivity (Wildman–Crippen MR) is 84.7 cm³/mol. The standard InChI is InChI=1S/C17H33N3/c1-13-9-14(2)16(17(18)10-13)12-19-7-8-20-6-4-3-5-15(20)11-19/h13-17H,3-12,18H2,1-2H3. The first-order valence-electron chi connectivity index (χ1n) is 8.85. The van der Waals surface area contributed by atoms with E-state index in [1.807, 2.05) is 0 Å². The Balaban J connectivity index is 1.55. The molecular formula is C17H33N3. The first kappa shape index (κ1) is 14.8. The molecule has 5 atom stereocenters. The SMILES string of the molecule is CC1CC(C)C(CN2CCN3CCCCC3C2)C(N)C1. The van der Waals surface area contributed by atoms with Gasteiger partial charge in [0, 0.05) is 38.3 Å². The largest absolute Gasteiger partial charge is 0.327 e. The number of piperidine rings is 1. The van der Waals surface area contributed by atoms with Gasteiger partial charge in [-0.1, -0.05) is 20.3 Å². The van der Waals surface area contributed by atoms with Crippen LogP contribution in [-0.4, -0.2) is 54.6 Å². The van der Waals surface area contributed by atoms with Gasteiger partial charge in [0.1, 0.15) is 0 Å². The second kappa shape index (κ2) is 6.33. The zero-order chi connectivity index (χ0) is 14.1. The minimum absolute atomic E-state index is 0.429. The zero-order valence-corrected chi connectivity index (χ0v) is 13.4. The molecule has 2 aliphatic heterocycles. The topological polar surface area (TPSA) is 32.5 Å². The van der Waals surface area contributed by atoms with E-state index in [9.17, 15) is 0 Å². The van der Waals surface area contributed by atoms with Gasteiger partial charge in [-0.15, -0.1) is 0 Å². The molecule has 3 fully saturated rings. The number of rotatable bonds is 2. The zero-order valence-electron chi connectivity index (χ0n) is 13.4. The molecular weight excluding hydrogens is 246 g/mol. The average Bonchev–Trinajstić information content (AvgIpc) is 2.42. The van der Waals surface area contributed by atoms with Crippen molar-refractivity contribution in [3.63, 3.8) is 0 Å². The molecule has 3 nitrogen and oxygen atoms in total. The molecule has 0 amide bonds. The van der Waals surface area contributed by atoms with Crippen LogP contribution in [0.1, 0.15) is 46.0 Å². The van der Waals surface area contributed by atoms with E-state index >= 15 is 0 Å². The third-order valence-electron chi connectivity index (χ3n) is 6.12. The van der Waals surface area contributed by atoms with E-state index in [1.165, 1.54) is 64.8 Å². The Morgan fingerprint density at radius 3 is 2.70 bits per heavy atom. The van der Waals surface area contributed by atoms with E-state index in [1.54, 1.807) is 0 Å². The van der Waals surface area contributed by atoms with Gasteiger partial charge in [-0.25, -0.2) is 0 Å². The Bertz CT molecular complexity index is 307. The molecule has 3 rings (SSSR count). The molecule has 3 aliphatic rings. The summed E-state index contributed by atoms with van der Waals surface area (Å²) in [7, 11) is 0. The third-order valence-corrected chi connectivity index (χ3v) is 6.12. The summed E-state index contributed by atoms with van der Waals surface area (Å²) in [5, 5.41) is 0. The lowest BCUT2D eigenvalue weighted by atomic mass is 9.72. The predicted octanol–water partition coefficient (Wildman–Crippen LogP) is 2.17. The molecule has 116 valence electrons. The van der Waals surface area contributed by atoms with Crippen LogP contribution in [0, 0.1) is 17.8 Å². The molecule has 0 aromatic heterocycles. The Labute approximate surface area is 124 Å². The van der Waals surface area contributed by atoms with Crippen LogP contribution in [0.4, 0.5) is 0 Å². The number of hydrogen-bond donors (Lipinski definition) is 1. The molecule has 1 aliphatic carbocycles. The smallest absolute Gasteiger partial charge is 0.0223 e. The van der Waals surface area contributed by atoms with Crippen molar-refractivity contribution >= 4 is 0 Å². The summed E-state index contributed by atoms with van der Waals surface area (Å²) in [5.41, 5.74) is 6.47. The molecule has 2 heterocycles. The fourth-order valence-corrected chi connectivity index (χ4v) is 4.97. The van der Waals surface area contributed by atoms with E-state index < -0.39 is 0 Å². The molecule has 0 spiro atoms. The highest BCUT2D eigenvalue weighted by Gasteiger charge is 2.35. The van der Waals surface area contributed by atoms with E-state index in [-0.39, 0.29) is 0 Å². The number of hydrogen-bond acceptors (Lipinski definition) is 3. The highest BCUT2D eigenvalue weighted by Crippen LogP contribution is 2.34. The van der Waals surface area contributed by atoms with Gasteiger partial charge in [-0.3, -0.25) is 4.90 Å². The second-order valence-electron chi connectivity index (χ2n) is 7.83. The normalized spacial score (nSPS) is 44.2. The molecule has 1 saturated carbocycles. The number of nitrogens with zero attached hydrogens (tertiary/aromatic N) is 2. The third kappa shape index (κ3) is 3.20. The molecule has 0 bridgehead atoms. The summed E-state index contributed by atoms with van der Waals surface area (Å²) >= 11 is 0. The van der Waals surface area contributed by atoms with Gasteiger partial charge in [0.05, 0.1) is 0 Å². The van der Waals surface area contributed by atoms with E-state index in [4.69, 9.17) is 5.73 Å². The summed E-state index contributed by atoms with van der Waals surface area (Å²) in [5.74, 6) is 2.35. The quantitative estimate of drug-likeness (QED) is 0.841. The Morgan fingerprint density at radius 2 is 1.90 bits per heavy atom. The van der Waals surface area contributed by atoms with Crippen molar-refractivity contribution in [3.8, 4) is 0 Å². The van der Waals surface area contributed by atoms with Crippen LogP contribution in [0.3, 0.4) is 0 Å². The van der Waals surface area contributed by atoms with E-state index in [0.29, 0.717) is 6.04 Å². The highest BCUT2D eigenvalue weighted by atomic mass is 15.3. The van der Waals surface area contributed by atoms with Crippen LogP contribution in [0.25, 0.3) is 0 Å². The van der Waals surface area contributed by atoms with Crippen molar-refractivity contribution in [1.29, 1.82) is 0 Å². The van der Waals surface area contributed by atoms with Crippen LogP contribution in [-0.2, 0) is 0 Å². The van der Waals surface area contributed by atoms with Gasteiger partial charge in [-0.2, -0.15) is 0 Å². The van der Waals surface area contributed by atoms with E-state index in [0.717, 1.165) is 23.8 Å². The molecule has 3 heteroatoms. The summed E-state index contributed by atoms with van der Waals surface area (Å²) < 4.78 is 0. The van der Waals surface area contributed by atoms with Crippen LogP contribution in [0.5, 0.6) is 0 Å². The maximum Gasteiger partial charge on any atom is 0.0223 e. The summed E-state index contributed by atoms with van der Waals surface area (Å²) in [6.45, 7) is 11.2. The van der Waals surface area contributed by atoms with Gasteiger partial charge in [0.2, 0.25) is 0 Å². The molecule has 5 unspecified atom stereocenters. The molecule has 2 N–H and O–H groups in total. The minimum atomic E-state index is 0.429. The van der Waals surface area contributed by atoms with Crippen molar-refractivity contribution in [2.45, 2.75) is 58.0 Å². The fourth-order valence-electron chi connectivity index (χ4n) is 4.97. The summed E-state index contributed by atoms with van der Waals surface area (Å²) in [6.07, 6.45) is 6.88. The molecule has 0 radical (unpaired) electrons. The lowest BCUT2D eigenvalue weighted by Crippen LogP contribution is -2.57. The lowest BCUT2D eigenvalue weighted by Gasteiger charge is -2.47. The van der Waals surface area contributed by atoms with Gasteiger partial charge in [0.15, 0.2) is 0 Å². The van der Waals surface area contributed by atoms with Gasteiger partial charge in [-0.05, 0) is 50.0 Å². The van der Waals surface area contributed by atoms with Crippen LogP contribution in [0.15, 0.2) is 0 Å². The van der Waals surface area contributed by atoms with Crippen LogP contribution >= 0.6 is 0 Å². The summed E-state index contributed by atoms with van der Waals surface area (Å²) in [4.78, 5) is 5.45. The molecule has 0 aromatic carbocycles. The van der Waals surface area contributed by atoms with Crippen molar-refractivity contribution in [3.05, 3.63) is 0 Å². The monoisotopic (exact) mass is 279 g/mol. The first-order chi connectivity index (χ1) is 9.63. The molecule has 2 saturated heterocycles. The van der Waals surface area contributed by atoms with Gasteiger partial charge < -0.3 is 10.6 Å². The minimum Gasteiger partial charge on any atom is -0.327 e. The van der Waals surface area contributed by atoms with Gasteiger partial charge >= 0.3 is 0 Å². The van der Waals surface area contributed by atoms with Crippen molar-refractivity contribution in [2.75, 3.05) is 32.7 Å². The van der Waals surface area contributed by atoms with E-state index in [2.05, 4.69) is 23.6 Å². The van der Waals surface area contributed by atoms with Crippen molar-refractivity contribution in [1.82, 2.24) is 9.80 Å². The van der Waals surface area contributed by atoms with Crippen molar-refractivity contribution in [2.24, 2.45) is 23.5 Å². The second-order valence-corrected chi connectivity index (χ2v) is 7.83. The maximum atomic E-state index is 6.47. The molecule has 0 aromatic rings. The lowest BCUT2D eigenvalue weighted by molar-refractivity contribution is 0.0262. The Hall–Kier alpha value is -0.120. The highest BCUT2D eigenvalue weighted by molar-refractivity contribution is 4.91.